The van der Waals surface area contributed by atoms with Crippen LogP contribution < -0.4 is 4.74 Å². The summed E-state index contributed by atoms with van der Waals surface area (Å²) in [6.45, 7) is 14.1. The van der Waals surface area contributed by atoms with E-state index in [9.17, 15) is 5.11 Å². The predicted molar refractivity (Wildman–Crippen MR) is 98.8 cm³/mol. The summed E-state index contributed by atoms with van der Waals surface area (Å²) >= 11 is 0. The number of hydrogen-bond acceptors (Lipinski definition) is 3. The van der Waals surface area contributed by atoms with Crippen molar-refractivity contribution in [3.8, 4) is 5.75 Å². The molecule has 0 aliphatic carbocycles. The molecule has 23 heavy (non-hydrogen) atoms. The highest BCUT2D eigenvalue weighted by atomic mass is 35.5. The van der Waals surface area contributed by atoms with Crippen molar-refractivity contribution >= 4 is 12.4 Å². The van der Waals surface area contributed by atoms with Crippen molar-refractivity contribution in [1.82, 2.24) is 4.90 Å². The number of halogens is 1. The van der Waals surface area contributed by atoms with E-state index in [4.69, 9.17) is 4.74 Å². The van der Waals surface area contributed by atoms with E-state index in [0.717, 1.165) is 16.9 Å². The molecule has 0 saturated carbocycles. The molecule has 1 aromatic carbocycles. The zero-order chi connectivity index (χ0) is 16.5. The monoisotopic (exact) mass is 341 g/mol. The largest absolute Gasteiger partial charge is 0.490 e. The van der Waals surface area contributed by atoms with Gasteiger partial charge < -0.3 is 9.84 Å². The highest BCUT2D eigenvalue weighted by Gasteiger charge is 2.44. The van der Waals surface area contributed by atoms with Crippen LogP contribution in [-0.2, 0) is 0 Å². The normalized spacial score (nSPS) is 20.8. The maximum absolute atomic E-state index is 10.5. The molecule has 0 radical (unpaired) electrons. The fraction of sp³-hybridized carbons (Fsp3) is 0.684. The van der Waals surface area contributed by atoms with Crippen LogP contribution in [0.5, 0.6) is 5.75 Å². The van der Waals surface area contributed by atoms with E-state index in [-0.39, 0.29) is 23.5 Å². The van der Waals surface area contributed by atoms with Crippen molar-refractivity contribution in [3.05, 3.63) is 29.3 Å². The van der Waals surface area contributed by atoms with Crippen LogP contribution in [0.4, 0.5) is 0 Å². The lowest BCUT2D eigenvalue weighted by Crippen LogP contribution is -2.52. The summed E-state index contributed by atoms with van der Waals surface area (Å²) in [4.78, 5) is 2.43. The van der Waals surface area contributed by atoms with Crippen molar-refractivity contribution in [2.75, 3.05) is 13.2 Å². The number of hydrogen-bond donors (Lipinski definition) is 1. The van der Waals surface area contributed by atoms with Crippen LogP contribution in [0.25, 0.3) is 0 Å². The zero-order valence-corrected chi connectivity index (χ0v) is 16.2. The minimum absolute atomic E-state index is 0. The van der Waals surface area contributed by atoms with Gasteiger partial charge in [0, 0.05) is 17.6 Å². The number of β-amino-alcohol motifs (C(OH)–C–C–N with tert-alkyl or cyclic N) is 1. The van der Waals surface area contributed by atoms with E-state index in [0.29, 0.717) is 13.2 Å². The average molecular weight is 342 g/mol. The Morgan fingerprint density at radius 1 is 1.09 bits per heavy atom. The summed E-state index contributed by atoms with van der Waals surface area (Å²) in [6.07, 6.45) is 1.87. The van der Waals surface area contributed by atoms with Crippen molar-refractivity contribution in [2.45, 2.75) is 71.6 Å². The second-order valence-corrected chi connectivity index (χ2v) is 7.92. The van der Waals surface area contributed by atoms with Crippen LogP contribution in [0.3, 0.4) is 0 Å². The number of ether oxygens (including phenoxy) is 1. The van der Waals surface area contributed by atoms with Crippen LogP contribution in [0.1, 0.15) is 51.7 Å². The van der Waals surface area contributed by atoms with Gasteiger partial charge >= 0.3 is 0 Å². The first-order chi connectivity index (χ1) is 10.1. The Morgan fingerprint density at radius 2 is 1.57 bits per heavy atom. The molecular formula is C19H32ClNO2. The van der Waals surface area contributed by atoms with Gasteiger partial charge in [0.05, 0.1) is 0 Å². The number of aliphatic hydroxyl groups is 1. The number of aryl methyl sites for hydroxylation is 2. The first kappa shape index (κ1) is 20.3. The third-order valence-electron chi connectivity index (χ3n) is 5.03. The van der Waals surface area contributed by atoms with Gasteiger partial charge in [-0.1, -0.05) is 18.2 Å². The van der Waals surface area contributed by atoms with Crippen LogP contribution in [0.15, 0.2) is 18.2 Å². The average Bonchev–Trinajstić information content (AvgIpc) is 2.61. The number of para-hydroxylation sites is 1. The van der Waals surface area contributed by atoms with Crippen LogP contribution >= 0.6 is 12.4 Å². The first-order valence-electron chi connectivity index (χ1n) is 8.28. The lowest BCUT2D eigenvalue weighted by atomic mass is 10.0. The van der Waals surface area contributed by atoms with Gasteiger partial charge in [-0.2, -0.15) is 0 Å². The van der Waals surface area contributed by atoms with Crippen molar-refractivity contribution in [2.24, 2.45) is 0 Å². The van der Waals surface area contributed by atoms with Gasteiger partial charge in [-0.3, -0.25) is 4.90 Å². The molecule has 1 aliphatic rings. The Balaban J connectivity index is 0.00000264. The van der Waals surface area contributed by atoms with E-state index < -0.39 is 6.10 Å². The second-order valence-electron chi connectivity index (χ2n) is 7.92. The Bertz CT molecular complexity index is 492. The summed E-state index contributed by atoms with van der Waals surface area (Å²) in [5.41, 5.74) is 2.52. The van der Waals surface area contributed by atoms with Crippen LogP contribution in [-0.4, -0.2) is 40.3 Å². The predicted octanol–water partition coefficient (Wildman–Crippen LogP) is 4.12. The molecule has 1 heterocycles. The standard InChI is InChI=1S/C19H31NO2.ClH/c1-14-8-7-9-15(2)17(14)22-13-16(21)12-20-18(3,4)10-11-19(20,5)6;/h7-9,16,21H,10-13H2,1-6H3;1H. The number of benzene rings is 1. The number of likely N-dealkylation sites (tertiary alicyclic amines) is 1. The molecule has 1 N–H and O–H groups in total. The summed E-state index contributed by atoms with van der Waals surface area (Å²) in [5, 5.41) is 10.5. The Labute approximate surface area is 147 Å². The maximum atomic E-state index is 10.5. The maximum Gasteiger partial charge on any atom is 0.125 e. The lowest BCUT2D eigenvalue weighted by molar-refractivity contribution is 0.00512. The number of rotatable bonds is 5. The van der Waals surface area contributed by atoms with Gasteiger partial charge in [-0.05, 0) is 65.5 Å². The summed E-state index contributed by atoms with van der Waals surface area (Å²) in [6, 6.07) is 6.12. The first-order valence-corrected chi connectivity index (χ1v) is 8.28. The van der Waals surface area contributed by atoms with E-state index >= 15 is 0 Å². The highest BCUT2D eigenvalue weighted by molar-refractivity contribution is 5.85. The lowest BCUT2D eigenvalue weighted by Gasteiger charge is -2.41. The van der Waals surface area contributed by atoms with Gasteiger partial charge in [0.15, 0.2) is 0 Å². The molecule has 1 saturated heterocycles. The molecule has 1 fully saturated rings. The van der Waals surface area contributed by atoms with E-state index in [1.54, 1.807) is 0 Å². The molecular weight excluding hydrogens is 310 g/mol. The molecule has 1 aromatic rings. The minimum atomic E-state index is -0.476. The summed E-state index contributed by atoms with van der Waals surface area (Å²) < 4.78 is 5.90. The Hall–Kier alpha value is -0.770. The summed E-state index contributed by atoms with van der Waals surface area (Å²) in [7, 11) is 0. The van der Waals surface area contributed by atoms with Gasteiger partial charge in [0.2, 0.25) is 0 Å². The fourth-order valence-corrected chi connectivity index (χ4v) is 3.67. The molecule has 0 bridgehead atoms. The van der Waals surface area contributed by atoms with Crippen molar-refractivity contribution in [1.29, 1.82) is 0 Å². The topological polar surface area (TPSA) is 32.7 Å². The molecule has 2 rings (SSSR count). The Morgan fingerprint density at radius 3 is 2.04 bits per heavy atom. The highest BCUT2D eigenvalue weighted by Crippen LogP contribution is 2.40. The van der Waals surface area contributed by atoms with E-state index in [1.807, 2.05) is 32.0 Å². The van der Waals surface area contributed by atoms with Crippen LogP contribution in [0, 0.1) is 13.8 Å². The van der Waals surface area contributed by atoms with E-state index in [1.165, 1.54) is 12.8 Å². The molecule has 3 nitrogen and oxygen atoms in total. The van der Waals surface area contributed by atoms with Gasteiger partial charge in [0.25, 0.3) is 0 Å². The van der Waals surface area contributed by atoms with Crippen LogP contribution in [0.2, 0.25) is 0 Å². The molecule has 0 aromatic heterocycles. The van der Waals surface area contributed by atoms with E-state index in [2.05, 4.69) is 32.6 Å². The van der Waals surface area contributed by atoms with Crippen molar-refractivity contribution in [3.63, 3.8) is 0 Å². The molecule has 1 unspecified atom stereocenters. The third kappa shape index (κ3) is 4.62. The van der Waals surface area contributed by atoms with Gasteiger partial charge in [-0.25, -0.2) is 0 Å². The Kier molecular flexibility index (Phi) is 6.54. The molecule has 0 amide bonds. The molecule has 0 spiro atoms. The second kappa shape index (κ2) is 7.42. The molecule has 4 heteroatoms. The molecule has 1 atom stereocenters. The van der Waals surface area contributed by atoms with Gasteiger partial charge in [-0.15, -0.1) is 12.4 Å². The SMILES string of the molecule is Cc1cccc(C)c1OCC(O)CN1C(C)(C)CCC1(C)C.Cl. The minimum Gasteiger partial charge on any atom is -0.490 e. The quantitative estimate of drug-likeness (QED) is 0.874. The smallest absolute Gasteiger partial charge is 0.125 e. The number of nitrogens with zero attached hydrogens (tertiary/aromatic N) is 1. The van der Waals surface area contributed by atoms with Gasteiger partial charge in [0.1, 0.15) is 18.5 Å². The zero-order valence-electron chi connectivity index (χ0n) is 15.3. The fourth-order valence-electron chi connectivity index (χ4n) is 3.67. The third-order valence-corrected chi connectivity index (χ3v) is 5.03. The van der Waals surface area contributed by atoms with Crippen molar-refractivity contribution < 1.29 is 9.84 Å². The number of aliphatic hydroxyl groups excluding tert-OH is 1. The molecule has 132 valence electrons. The summed E-state index contributed by atoms with van der Waals surface area (Å²) in [5.74, 6) is 0.904. The molecule has 1 aliphatic heterocycles.